The molecule has 0 unspecified atom stereocenters. The molecule has 0 N–H and O–H groups in total. The Morgan fingerprint density at radius 2 is 1.50 bits per heavy atom. The number of hydrogen-bond acceptors (Lipinski definition) is 1. The van der Waals surface area contributed by atoms with E-state index in [0.29, 0.717) is 0 Å². The van der Waals surface area contributed by atoms with E-state index in [-0.39, 0.29) is 0 Å². The van der Waals surface area contributed by atoms with Gasteiger partial charge in [0, 0.05) is 13.0 Å². The highest BCUT2D eigenvalue weighted by molar-refractivity contribution is 5.86. The second kappa shape index (κ2) is 9.05. The zero-order valence-electron chi connectivity index (χ0n) is 16.9. The number of hydrogen-bond donors (Lipinski definition) is 0. The van der Waals surface area contributed by atoms with Gasteiger partial charge in [-0.05, 0) is 34.9 Å². The van der Waals surface area contributed by atoms with Crippen molar-refractivity contribution in [3.05, 3.63) is 78.1 Å². The molecule has 0 bridgehead atoms. The number of aromatic nitrogens is 2. The third-order valence-electron chi connectivity index (χ3n) is 5.70. The molecular weight excluding hydrogens is 340 g/mol. The van der Waals surface area contributed by atoms with Crippen molar-refractivity contribution in [3.8, 4) is 0 Å². The second-order valence-corrected chi connectivity index (χ2v) is 7.75. The van der Waals surface area contributed by atoms with E-state index in [2.05, 4.69) is 78.2 Å². The van der Waals surface area contributed by atoms with Crippen molar-refractivity contribution in [2.45, 2.75) is 58.4 Å². The molecule has 2 heteroatoms. The molecule has 0 saturated carbocycles. The monoisotopic (exact) mass is 370 g/mol. The molecule has 0 spiro atoms. The summed E-state index contributed by atoms with van der Waals surface area (Å²) in [6.45, 7) is 3.34. The van der Waals surface area contributed by atoms with E-state index in [0.717, 1.165) is 18.5 Å². The van der Waals surface area contributed by atoms with Crippen LogP contribution < -0.4 is 0 Å². The quantitative estimate of drug-likeness (QED) is 0.286. The lowest BCUT2D eigenvalue weighted by Gasteiger charge is -2.11. The van der Waals surface area contributed by atoms with Gasteiger partial charge in [0.2, 0.25) is 0 Å². The van der Waals surface area contributed by atoms with E-state index in [1.807, 2.05) is 0 Å². The van der Waals surface area contributed by atoms with Crippen LogP contribution in [0.1, 0.15) is 56.8 Å². The van der Waals surface area contributed by atoms with Crippen molar-refractivity contribution in [2.75, 3.05) is 0 Å². The van der Waals surface area contributed by atoms with Gasteiger partial charge in [-0.2, -0.15) is 0 Å². The number of imidazole rings is 1. The van der Waals surface area contributed by atoms with Gasteiger partial charge >= 0.3 is 0 Å². The second-order valence-electron chi connectivity index (χ2n) is 7.75. The topological polar surface area (TPSA) is 17.8 Å². The largest absolute Gasteiger partial charge is 0.328 e. The first-order chi connectivity index (χ1) is 13.9. The first-order valence-corrected chi connectivity index (χ1v) is 10.8. The van der Waals surface area contributed by atoms with Crippen molar-refractivity contribution in [3.63, 3.8) is 0 Å². The van der Waals surface area contributed by atoms with E-state index < -0.39 is 0 Å². The van der Waals surface area contributed by atoms with Crippen LogP contribution in [-0.4, -0.2) is 9.55 Å². The van der Waals surface area contributed by atoms with Crippen molar-refractivity contribution >= 4 is 21.8 Å². The van der Waals surface area contributed by atoms with Gasteiger partial charge in [0.05, 0.1) is 11.0 Å². The Bertz CT molecular complexity index is 1040. The smallest absolute Gasteiger partial charge is 0.114 e. The fraction of sp³-hybridized carbons (Fsp3) is 0.346. The minimum atomic E-state index is 0.881. The molecule has 144 valence electrons. The van der Waals surface area contributed by atoms with Crippen LogP contribution in [-0.2, 0) is 13.0 Å². The third-order valence-corrected chi connectivity index (χ3v) is 5.70. The SMILES string of the molecule is CCCCCCCCn1c(Cc2cccc3ccccc23)nc2ccccc21. The maximum absolute atomic E-state index is 5.01. The highest BCUT2D eigenvalue weighted by atomic mass is 15.1. The number of aryl methyl sites for hydroxylation is 1. The number of rotatable bonds is 9. The van der Waals surface area contributed by atoms with Crippen LogP contribution in [0.25, 0.3) is 21.8 Å². The molecule has 2 nitrogen and oxygen atoms in total. The maximum Gasteiger partial charge on any atom is 0.114 e. The van der Waals surface area contributed by atoms with Gasteiger partial charge in [-0.1, -0.05) is 93.6 Å². The summed E-state index contributed by atoms with van der Waals surface area (Å²) in [4.78, 5) is 5.01. The molecular formula is C26H30N2. The first kappa shape index (κ1) is 18.7. The molecule has 3 aromatic carbocycles. The molecule has 4 aromatic rings. The van der Waals surface area contributed by atoms with Crippen molar-refractivity contribution < 1.29 is 0 Å². The van der Waals surface area contributed by atoms with Gasteiger partial charge in [-0.3, -0.25) is 0 Å². The molecule has 1 heterocycles. The number of para-hydroxylation sites is 2. The molecule has 4 rings (SSSR count). The first-order valence-electron chi connectivity index (χ1n) is 10.8. The fourth-order valence-electron chi connectivity index (χ4n) is 4.18. The summed E-state index contributed by atoms with van der Waals surface area (Å²) in [5.41, 5.74) is 3.74. The van der Waals surface area contributed by atoms with Crippen LogP contribution in [0.4, 0.5) is 0 Å². The van der Waals surface area contributed by atoms with Crippen LogP contribution in [0, 0.1) is 0 Å². The summed E-state index contributed by atoms with van der Waals surface area (Å²) in [7, 11) is 0. The van der Waals surface area contributed by atoms with E-state index >= 15 is 0 Å². The molecule has 0 saturated heterocycles. The van der Waals surface area contributed by atoms with Gasteiger partial charge in [0.1, 0.15) is 5.82 Å². The Hall–Kier alpha value is -2.61. The standard InChI is InChI=1S/C26H30N2/c1-2-3-4-5-6-11-19-28-25-18-10-9-17-24(25)27-26(28)20-22-15-12-14-21-13-7-8-16-23(21)22/h7-10,12-18H,2-6,11,19-20H2,1H3. The molecule has 0 aliphatic rings. The zero-order valence-corrected chi connectivity index (χ0v) is 16.9. The van der Waals surface area contributed by atoms with Gasteiger partial charge in [0.25, 0.3) is 0 Å². The van der Waals surface area contributed by atoms with Crippen molar-refractivity contribution in [1.82, 2.24) is 9.55 Å². The van der Waals surface area contributed by atoms with E-state index in [4.69, 9.17) is 4.98 Å². The maximum atomic E-state index is 5.01. The molecule has 28 heavy (non-hydrogen) atoms. The van der Waals surface area contributed by atoms with Gasteiger partial charge < -0.3 is 4.57 Å². The number of nitrogens with zero attached hydrogens (tertiary/aromatic N) is 2. The van der Waals surface area contributed by atoms with E-state index in [9.17, 15) is 0 Å². The predicted octanol–water partition coefficient (Wildman–Crippen LogP) is 7.14. The lowest BCUT2D eigenvalue weighted by Crippen LogP contribution is -2.05. The summed E-state index contributed by atoms with van der Waals surface area (Å²) in [5.74, 6) is 1.19. The lowest BCUT2D eigenvalue weighted by molar-refractivity contribution is 0.555. The van der Waals surface area contributed by atoms with Crippen molar-refractivity contribution in [2.24, 2.45) is 0 Å². The summed E-state index contributed by atoms with van der Waals surface area (Å²) < 4.78 is 2.46. The van der Waals surface area contributed by atoms with E-state index in [1.54, 1.807) is 0 Å². The summed E-state index contributed by atoms with van der Waals surface area (Å²) in [6, 6.07) is 23.8. The van der Waals surface area contributed by atoms with E-state index in [1.165, 1.54) is 66.2 Å². The lowest BCUT2D eigenvalue weighted by atomic mass is 10.0. The Morgan fingerprint density at radius 1 is 0.750 bits per heavy atom. The minimum Gasteiger partial charge on any atom is -0.328 e. The normalized spacial score (nSPS) is 11.5. The van der Waals surface area contributed by atoms with Gasteiger partial charge in [0.15, 0.2) is 0 Å². The van der Waals surface area contributed by atoms with Crippen LogP contribution >= 0.6 is 0 Å². The minimum absolute atomic E-state index is 0.881. The molecule has 0 amide bonds. The Labute approximate surface area is 168 Å². The molecule has 0 atom stereocenters. The number of unbranched alkanes of at least 4 members (excludes halogenated alkanes) is 5. The number of benzene rings is 3. The molecule has 0 aliphatic carbocycles. The van der Waals surface area contributed by atoms with Gasteiger partial charge in [-0.15, -0.1) is 0 Å². The Morgan fingerprint density at radius 3 is 2.43 bits per heavy atom. The third kappa shape index (κ3) is 4.11. The molecule has 0 radical (unpaired) electrons. The van der Waals surface area contributed by atoms with Crippen LogP contribution in [0.5, 0.6) is 0 Å². The van der Waals surface area contributed by atoms with Gasteiger partial charge in [-0.25, -0.2) is 4.98 Å². The average molecular weight is 371 g/mol. The fourth-order valence-corrected chi connectivity index (χ4v) is 4.18. The average Bonchev–Trinajstić information content (AvgIpc) is 3.08. The summed E-state index contributed by atoms with van der Waals surface area (Å²) >= 11 is 0. The predicted molar refractivity (Wildman–Crippen MR) is 120 cm³/mol. The summed E-state index contributed by atoms with van der Waals surface area (Å²) in [6.07, 6.45) is 8.80. The van der Waals surface area contributed by atoms with Crippen LogP contribution in [0.3, 0.4) is 0 Å². The zero-order chi connectivity index (χ0) is 19.2. The Balaban J connectivity index is 1.59. The highest BCUT2D eigenvalue weighted by Gasteiger charge is 2.12. The molecule has 0 aliphatic heterocycles. The number of fused-ring (bicyclic) bond motifs is 2. The van der Waals surface area contributed by atoms with Crippen LogP contribution in [0.2, 0.25) is 0 Å². The van der Waals surface area contributed by atoms with Crippen molar-refractivity contribution in [1.29, 1.82) is 0 Å². The summed E-state index contributed by atoms with van der Waals surface area (Å²) in [5, 5.41) is 2.64. The molecule has 1 aromatic heterocycles. The molecule has 0 fully saturated rings. The Kier molecular flexibility index (Phi) is 6.06. The highest BCUT2D eigenvalue weighted by Crippen LogP contribution is 2.24. The van der Waals surface area contributed by atoms with Crippen LogP contribution in [0.15, 0.2) is 66.7 Å².